The number of carbonyl (C=O) groups is 1. The normalized spacial score (nSPS) is 11.9. The number of hydrogen-bond acceptors (Lipinski definition) is 3. The van der Waals surface area contributed by atoms with Crippen LogP contribution < -0.4 is 10.1 Å². The Labute approximate surface area is 166 Å². The van der Waals surface area contributed by atoms with Gasteiger partial charge in [-0.1, -0.05) is 35.9 Å². The number of amides is 1. The first kappa shape index (κ1) is 19.7. The molecule has 3 rings (SSSR count). The maximum atomic E-state index is 12.7. The Hall–Kier alpha value is -3.08. The lowest BCUT2D eigenvalue weighted by molar-refractivity contribution is 0.0939. The summed E-state index contributed by atoms with van der Waals surface area (Å²) in [5, 5.41) is 7.50. The van der Waals surface area contributed by atoms with Crippen molar-refractivity contribution < 1.29 is 9.53 Å². The SMILES string of the molecule is Cc1cccc(COc2cccc(C(=O)NC(C)c3c(C)nn(C)c3C)c2)c1. The van der Waals surface area contributed by atoms with Crippen molar-refractivity contribution in [1.82, 2.24) is 15.1 Å². The Morgan fingerprint density at radius 3 is 2.57 bits per heavy atom. The van der Waals surface area contributed by atoms with Gasteiger partial charge in [-0.25, -0.2) is 0 Å². The van der Waals surface area contributed by atoms with Crippen LogP contribution in [0.3, 0.4) is 0 Å². The molecule has 1 unspecified atom stereocenters. The van der Waals surface area contributed by atoms with Gasteiger partial charge in [0.25, 0.3) is 5.91 Å². The molecule has 0 spiro atoms. The van der Waals surface area contributed by atoms with Gasteiger partial charge in [0.05, 0.1) is 11.7 Å². The van der Waals surface area contributed by atoms with Crippen molar-refractivity contribution in [1.29, 1.82) is 0 Å². The smallest absolute Gasteiger partial charge is 0.251 e. The van der Waals surface area contributed by atoms with Crippen molar-refractivity contribution >= 4 is 5.91 Å². The standard InChI is InChI=1S/C23H27N3O2/c1-15-8-6-9-19(12-15)14-28-21-11-7-10-20(13-21)23(27)24-16(2)22-17(3)25-26(5)18(22)4/h6-13,16H,14H2,1-5H3,(H,24,27). The van der Waals surface area contributed by atoms with E-state index in [1.54, 1.807) is 12.1 Å². The summed E-state index contributed by atoms with van der Waals surface area (Å²) >= 11 is 0. The summed E-state index contributed by atoms with van der Waals surface area (Å²) in [7, 11) is 1.91. The first-order valence-corrected chi connectivity index (χ1v) is 9.44. The van der Waals surface area contributed by atoms with E-state index in [0.717, 1.165) is 22.5 Å². The van der Waals surface area contributed by atoms with E-state index in [0.29, 0.717) is 17.9 Å². The van der Waals surface area contributed by atoms with Crippen LogP contribution in [0.4, 0.5) is 0 Å². The van der Waals surface area contributed by atoms with E-state index in [-0.39, 0.29) is 11.9 Å². The third-order valence-electron chi connectivity index (χ3n) is 4.93. The fraction of sp³-hybridized carbons (Fsp3) is 0.304. The Balaban J connectivity index is 1.68. The van der Waals surface area contributed by atoms with Crippen LogP contribution in [0.25, 0.3) is 0 Å². The van der Waals surface area contributed by atoms with Crippen LogP contribution in [0.1, 0.15) is 51.4 Å². The highest BCUT2D eigenvalue weighted by atomic mass is 16.5. The number of nitrogens with zero attached hydrogens (tertiary/aromatic N) is 2. The maximum Gasteiger partial charge on any atom is 0.251 e. The van der Waals surface area contributed by atoms with Gasteiger partial charge in [0, 0.05) is 23.9 Å². The third kappa shape index (κ3) is 4.42. The summed E-state index contributed by atoms with van der Waals surface area (Å²) in [5.41, 5.74) is 5.93. The van der Waals surface area contributed by atoms with Gasteiger partial charge in [0.15, 0.2) is 0 Å². The molecule has 146 valence electrons. The van der Waals surface area contributed by atoms with E-state index >= 15 is 0 Å². The Morgan fingerprint density at radius 1 is 1.14 bits per heavy atom. The highest BCUT2D eigenvalue weighted by Gasteiger charge is 2.19. The van der Waals surface area contributed by atoms with Gasteiger partial charge < -0.3 is 10.1 Å². The van der Waals surface area contributed by atoms with Crippen LogP contribution in [0.15, 0.2) is 48.5 Å². The number of aromatic nitrogens is 2. The van der Waals surface area contributed by atoms with Gasteiger partial charge in [0.1, 0.15) is 12.4 Å². The topological polar surface area (TPSA) is 56.1 Å². The summed E-state index contributed by atoms with van der Waals surface area (Å²) in [6.45, 7) is 8.48. The van der Waals surface area contributed by atoms with Crippen molar-refractivity contribution in [3.63, 3.8) is 0 Å². The maximum absolute atomic E-state index is 12.7. The molecule has 1 amide bonds. The minimum Gasteiger partial charge on any atom is -0.489 e. The molecule has 0 aliphatic carbocycles. The van der Waals surface area contributed by atoms with Crippen molar-refractivity contribution in [2.45, 2.75) is 40.3 Å². The average molecular weight is 377 g/mol. The molecule has 5 nitrogen and oxygen atoms in total. The summed E-state index contributed by atoms with van der Waals surface area (Å²) in [5.74, 6) is 0.548. The predicted molar refractivity (Wildman–Crippen MR) is 111 cm³/mol. The third-order valence-corrected chi connectivity index (χ3v) is 4.93. The molecule has 1 atom stereocenters. The van der Waals surface area contributed by atoms with Gasteiger partial charge in [-0.2, -0.15) is 5.10 Å². The molecule has 1 aromatic heterocycles. The van der Waals surface area contributed by atoms with Gasteiger partial charge in [-0.05, 0) is 51.5 Å². The lowest BCUT2D eigenvalue weighted by atomic mass is 10.1. The largest absolute Gasteiger partial charge is 0.489 e. The second-order valence-electron chi connectivity index (χ2n) is 7.21. The highest BCUT2D eigenvalue weighted by Crippen LogP contribution is 2.22. The van der Waals surface area contributed by atoms with E-state index in [1.165, 1.54) is 5.56 Å². The van der Waals surface area contributed by atoms with E-state index < -0.39 is 0 Å². The zero-order valence-electron chi connectivity index (χ0n) is 17.1. The Morgan fingerprint density at radius 2 is 1.89 bits per heavy atom. The molecule has 1 heterocycles. The van der Waals surface area contributed by atoms with Crippen LogP contribution >= 0.6 is 0 Å². The average Bonchev–Trinajstić information content (AvgIpc) is 2.92. The highest BCUT2D eigenvalue weighted by molar-refractivity contribution is 5.94. The van der Waals surface area contributed by atoms with E-state index in [4.69, 9.17) is 4.74 Å². The molecule has 0 aliphatic heterocycles. The number of rotatable bonds is 6. The van der Waals surface area contributed by atoms with Crippen LogP contribution in [0, 0.1) is 20.8 Å². The number of nitrogens with one attached hydrogen (secondary N) is 1. The lowest BCUT2D eigenvalue weighted by Crippen LogP contribution is -2.27. The first-order valence-electron chi connectivity index (χ1n) is 9.44. The second-order valence-corrected chi connectivity index (χ2v) is 7.21. The van der Waals surface area contributed by atoms with Crippen molar-refractivity contribution in [2.24, 2.45) is 7.05 Å². The number of benzene rings is 2. The molecule has 0 radical (unpaired) electrons. The van der Waals surface area contributed by atoms with Gasteiger partial charge in [-0.15, -0.1) is 0 Å². The molecule has 0 aliphatic rings. The summed E-state index contributed by atoms with van der Waals surface area (Å²) in [6, 6.07) is 15.4. The zero-order chi connectivity index (χ0) is 20.3. The number of hydrogen-bond donors (Lipinski definition) is 1. The van der Waals surface area contributed by atoms with Gasteiger partial charge in [-0.3, -0.25) is 9.48 Å². The first-order chi connectivity index (χ1) is 13.3. The fourth-order valence-corrected chi connectivity index (χ4v) is 3.46. The minimum absolute atomic E-state index is 0.127. The molecule has 2 aromatic carbocycles. The van der Waals surface area contributed by atoms with E-state index in [2.05, 4.69) is 29.5 Å². The summed E-state index contributed by atoms with van der Waals surface area (Å²) in [4.78, 5) is 12.7. The van der Waals surface area contributed by atoms with Crippen LogP contribution in [-0.4, -0.2) is 15.7 Å². The van der Waals surface area contributed by atoms with Crippen molar-refractivity contribution in [2.75, 3.05) is 0 Å². The lowest BCUT2D eigenvalue weighted by Gasteiger charge is -2.15. The molecule has 0 saturated carbocycles. The van der Waals surface area contributed by atoms with Gasteiger partial charge >= 0.3 is 0 Å². The number of aryl methyl sites for hydroxylation is 3. The number of carbonyl (C=O) groups excluding carboxylic acids is 1. The van der Waals surface area contributed by atoms with Crippen molar-refractivity contribution in [3.05, 3.63) is 82.2 Å². The fourth-order valence-electron chi connectivity index (χ4n) is 3.46. The second kappa shape index (κ2) is 8.30. The zero-order valence-corrected chi connectivity index (χ0v) is 17.1. The summed E-state index contributed by atoms with van der Waals surface area (Å²) in [6.07, 6.45) is 0. The molecule has 0 bridgehead atoms. The molecule has 5 heteroatoms. The van der Waals surface area contributed by atoms with Crippen LogP contribution in [0.2, 0.25) is 0 Å². The predicted octanol–water partition coefficient (Wildman–Crippen LogP) is 4.42. The van der Waals surface area contributed by atoms with Crippen LogP contribution in [0.5, 0.6) is 5.75 Å². The Bertz CT molecular complexity index is 991. The molecular formula is C23H27N3O2. The summed E-state index contributed by atoms with van der Waals surface area (Å²) < 4.78 is 7.72. The molecule has 0 fully saturated rings. The molecule has 3 aromatic rings. The van der Waals surface area contributed by atoms with E-state index in [1.807, 2.05) is 56.8 Å². The number of ether oxygens (including phenoxy) is 1. The van der Waals surface area contributed by atoms with Crippen molar-refractivity contribution in [3.8, 4) is 5.75 Å². The van der Waals surface area contributed by atoms with Crippen LogP contribution in [-0.2, 0) is 13.7 Å². The molecule has 0 saturated heterocycles. The molecular weight excluding hydrogens is 350 g/mol. The molecule has 1 N–H and O–H groups in total. The van der Waals surface area contributed by atoms with E-state index in [9.17, 15) is 4.79 Å². The quantitative estimate of drug-likeness (QED) is 0.692. The Kier molecular flexibility index (Phi) is 5.83. The monoisotopic (exact) mass is 377 g/mol. The minimum atomic E-state index is -0.129. The van der Waals surface area contributed by atoms with Gasteiger partial charge in [0.2, 0.25) is 0 Å². The molecule has 28 heavy (non-hydrogen) atoms.